The van der Waals surface area contributed by atoms with Crippen LogP contribution >= 0.6 is 23.2 Å². The van der Waals surface area contributed by atoms with E-state index < -0.39 is 57.9 Å². The first-order valence-corrected chi connectivity index (χ1v) is 18.1. The molecule has 0 saturated carbocycles. The van der Waals surface area contributed by atoms with Crippen LogP contribution in [0.4, 0.5) is 30.7 Å². The van der Waals surface area contributed by atoms with Gasteiger partial charge in [-0.3, -0.25) is 4.79 Å². The summed E-state index contributed by atoms with van der Waals surface area (Å²) in [6.07, 6.45) is 0.161. The number of carbonyl (C=O) groups is 3. The third-order valence-corrected chi connectivity index (χ3v) is 9.10. The van der Waals surface area contributed by atoms with Crippen molar-refractivity contribution in [1.29, 1.82) is 0 Å². The van der Waals surface area contributed by atoms with Gasteiger partial charge in [0.15, 0.2) is 23.2 Å². The molecular weight excluding hydrogens is 830 g/mol. The monoisotopic (exact) mass is 859 g/mol. The van der Waals surface area contributed by atoms with Crippen LogP contribution in [0.2, 0.25) is 10.0 Å². The van der Waals surface area contributed by atoms with Crippen LogP contribution in [0.5, 0.6) is 11.5 Å². The third kappa shape index (κ3) is 10.7. The van der Waals surface area contributed by atoms with Crippen molar-refractivity contribution in [3.63, 3.8) is 0 Å². The number of benzene rings is 5. The number of ether oxygens (including phenoxy) is 2. The van der Waals surface area contributed by atoms with E-state index in [1.165, 1.54) is 60.0 Å². The Morgan fingerprint density at radius 3 is 1.76 bits per heavy atom. The molecule has 0 amide bonds. The van der Waals surface area contributed by atoms with E-state index >= 15 is 4.39 Å². The molecule has 1 aromatic heterocycles. The lowest BCUT2D eigenvalue weighted by atomic mass is 10.0. The highest BCUT2D eigenvalue weighted by molar-refractivity contribution is 6.31. The average Bonchev–Trinajstić information content (AvgIpc) is 3.56. The quantitative estimate of drug-likeness (QED) is 0.0706. The number of halogens is 9. The summed E-state index contributed by atoms with van der Waals surface area (Å²) in [7, 11) is 0. The van der Waals surface area contributed by atoms with Crippen molar-refractivity contribution in [2.75, 3.05) is 0 Å². The molecule has 6 rings (SSSR count). The molecule has 0 bridgehead atoms. The number of hydrogen-bond acceptors (Lipinski definition) is 5. The summed E-state index contributed by atoms with van der Waals surface area (Å²) < 4.78 is 110. The highest BCUT2D eigenvalue weighted by atomic mass is 35.5. The van der Waals surface area contributed by atoms with E-state index in [0.717, 1.165) is 18.2 Å². The number of rotatable bonds is 13. The minimum Gasteiger partial charge on any atom is -0.488 e. The fourth-order valence-corrected chi connectivity index (χ4v) is 6.04. The lowest BCUT2D eigenvalue weighted by molar-refractivity contribution is -0.117. The summed E-state index contributed by atoms with van der Waals surface area (Å²) in [5.74, 6) is -9.78. The Hall–Kier alpha value is -6.12. The van der Waals surface area contributed by atoms with E-state index in [4.69, 9.17) is 32.7 Å². The number of aryl methyl sites for hydroxylation is 1. The zero-order valence-corrected chi connectivity index (χ0v) is 32.3. The number of Topliss-reactive ketones (excluding diaryl/α,β-unsaturated/α-hetero) is 2. The molecule has 59 heavy (non-hydrogen) atoms. The van der Waals surface area contributed by atoms with Crippen LogP contribution in [0.1, 0.15) is 57.3 Å². The highest BCUT2D eigenvalue weighted by Crippen LogP contribution is 2.37. The molecule has 0 spiro atoms. The maximum Gasteiger partial charge on any atom is 0.341 e. The van der Waals surface area contributed by atoms with Gasteiger partial charge in [0.1, 0.15) is 59.3 Å². The van der Waals surface area contributed by atoms with Crippen LogP contribution < -0.4 is 9.47 Å². The predicted octanol–water partition coefficient (Wildman–Crippen LogP) is 11.8. The zero-order chi connectivity index (χ0) is 43.1. The van der Waals surface area contributed by atoms with E-state index in [9.17, 15) is 45.8 Å². The molecule has 0 radical (unpaired) electrons. The smallest absolute Gasteiger partial charge is 0.341 e. The summed E-state index contributed by atoms with van der Waals surface area (Å²) >= 11 is 12.1. The van der Waals surface area contributed by atoms with Crippen molar-refractivity contribution in [3.05, 3.63) is 170 Å². The molecule has 0 fully saturated rings. The summed E-state index contributed by atoms with van der Waals surface area (Å²) in [6, 6.07) is 18.7. The zero-order valence-electron chi connectivity index (χ0n) is 30.8. The van der Waals surface area contributed by atoms with E-state index in [0.29, 0.717) is 22.8 Å². The van der Waals surface area contributed by atoms with Crippen LogP contribution in [-0.2, 0) is 18.0 Å². The largest absolute Gasteiger partial charge is 0.488 e. The molecule has 6 aromatic rings. The fourth-order valence-electron chi connectivity index (χ4n) is 5.70. The summed E-state index contributed by atoms with van der Waals surface area (Å²) in [5.41, 5.74) is -0.689. The minimum atomic E-state index is -1.97. The Morgan fingerprint density at radius 1 is 0.644 bits per heavy atom. The molecule has 1 N–H and O–H groups in total. The van der Waals surface area contributed by atoms with Gasteiger partial charge < -0.3 is 23.9 Å². The molecule has 0 aliphatic carbocycles. The molecule has 1 heterocycles. The van der Waals surface area contributed by atoms with Crippen molar-refractivity contribution in [2.24, 2.45) is 0 Å². The van der Waals surface area contributed by atoms with Gasteiger partial charge in [-0.15, -0.1) is 0 Å². The van der Waals surface area contributed by atoms with Crippen LogP contribution in [0.25, 0.3) is 16.9 Å². The van der Waals surface area contributed by atoms with Gasteiger partial charge >= 0.3 is 5.97 Å². The fraction of sp³-hybridized carbons (Fsp3) is 0.140. The van der Waals surface area contributed by atoms with Crippen molar-refractivity contribution in [3.8, 4) is 28.4 Å². The Balaban J connectivity index is 0.000000241. The second-order valence-electron chi connectivity index (χ2n) is 12.8. The van der Waals surface area contributed by atoms with Gasteiger partial charge in [0, 0.05) is 63.5 Å². The molecule has 306 valence electrons. The van der Waals surface area contributed by atoms with Gasteiger partial charge in [0.2, 0.25) is 0 Å². The molecule has 16 heteroatoms. The first-order chi connectivity index (χ1) is 27.9. The number of carboxylic acid groups (broad SMARTS) is 1. The Labute approximate surface area is 342 Å². The molecule has 5 aromatic carbocycles. The third-order valence-electron chi connectivity index (χ3n) is 8.63. The van der Waals surface area contributed by atoms with E-state index in [2.05, 4.69) is 0 Å². The van der Waals surface area contributed by atoms with Crippen LogP contribution in [0, 0.1) is 47.6 Å². The van der Waals surface area contributed by atoms with Crippen LogP contribution in [-0.4, -0.2) is 27.2 Å². The summed E-state index contributed by atoms with van der Waals surface area (Å²) in [4.78, 5) is 34.6. The Morgan fingerprint density at radius 2 is 1.20 bits per heavy atom. The van der Waals surface area contributed by atoms with Crippen molar-refractivity contribution >= 4 is 40.7 Å². The molecular formula is C43H30Cl2F7NO6. The van der Waals surface area contributed by atoms with Gasteiger partial charge in [0.25, 0.3) is 0 Å². The first-order valence-electron chi connectivity index (χ1n) is 17.3. The topological polar surface area (TPSA) is 94.8 Å². The molecule has 7 nitrogen and oxygen atoms in total. The average molecular weight is 861 g/mol. The molecule has 0 saturated heterocycles. The number of nitrogens with zero attached hydrogens (tertiary/aromatic N) is 1. The lowest BCUT2D eigenvalue weighted by Crippen LogP contribution is -2.12. The number of aromatic carboxylic acids is 1. The number of hydrogen-bond donors (Lipinski definition) is 1. The Kier molecular flexibility index (Phi) is 14.2. The van der Waals surface area contributed by atoms with Gasteiger partial charge in [-0.25, -0.2) is 35.5 Å². The van der Waals surface area contributed by atoms with Crippen molar-refractivity contribution in [2.45, 2.75) is 39.9 Å². The highest BCUT2D eigenvalue weighted by Gasteiger charge is 2.27. The van der Waals surface area contributed by atoms with Crippen molar-refractivity contribution < 1.29 is 59.7 Å². The van der Waals surface area contributed by atoms with E-state index in [-0.39, 0.29) is 82.1 Å². The molecule has 0 unspecified atom stereocenters. The first kappa shape index (κ1) is 44.0. The van der Waals surface area contributed by atoms with Gasteiger partial charge in [0.05, 0.1) is 16.9 Å². The molecule has 0 aliphatic heterocycles. The second kappa shape index (κ2) is 19.1. The Bertz CT molecular complexity index is 2580. The van der Waals surface area contributed by atoms with Gasteiger partial charge in [-0.2, -0.15) is 0 Å². The predicted molar refractivity (Wildman–Crippen MR) is 205 cm³/mol. The SMILES string of the molecule is CC(=O)CCC(=O)c1cc(Cl)ccc1OCc1ccc(F)cc1F.Cc1ccc(-c2cc(Cl)ccc2OCc2ccc(F)cc2F)n1-c1cc(F)c(F)c(C(=O)O)c1F. The van der Waals surface area contributed by atoms with Crippen LogP contribution in [0.3, 0.4) is 0 Å². The normalized spacial score (nSPS) is 10.8. The second-order valence-corrected chi connectivity index (χ2v) is 13.7. The summed E-state index contributed by atoms with van der Waals surface area (Å²) in [5, 5.41) is 9.80. The van der Waals surface area contributed by atoms with E-state index in [1.807, 2.05) is 0 Å². The van der Waals surface area contributed by atoms with Crippen LogP contribution in [0.15, 0.2) is 91.0 Å². The number of aromatic nitrogens is 1. The maximum absolute atomic E-state index is 15.1. The molecule has 0 atom stereocenters. The number of carbonyl (C=O) groups excluding carboxylic acids is 2. The number of carboxylic acids is 1. The van der Waals surface area contributed by atoms with Gasteiger partial charge in [-0.05, 0) is 86.6 Å². The number of ketones is 2. The maximum atomic E-state index is 15.1. The minimum absolute atomic E-state index is 0.0386. The standard InChI is InChI=1S/C25H15ClF5NO3.C18H15ClF2O3/c1-12-2-6-19(32(12)20-10-18(29)23(30)22(24(20)31)25(33)34)16-8-14(26)4-7-21(16)35-11-13-3-5-15(27)9-17(13)28;1-11(22)2-6-17(23)15-8-13(19)4-7-18(15)24-10-12-3-5-14(20)9-16(12)21/h2-10H,11H2,1H3,(H,33,34);3-5,7-9H,2,6,10H2,1H3. The van der Waals surface area contributed by atoms with E-state index in [1.54, 1.807) is 19.1 Å². The molecule has 0 aliphatic rings. The lowest BCUT2D eigenvalue weighted by Gasteiger charge is -2.18. The summed E-state index contributed by atoms with van der Waals surface area (Å²) in [6.45, 7) is 2.49. The van der Waals surface area contributed by atoms with Crippen molar-refractivity contribution in [1.82, 2.24) is 4.57 Å². The van der Waals surface area contributed by atoms with Gasteiger partial charge in [-0.1, -0.05) is 23.2 Å².